The molecule has 1 aromatic rings. The van der Waals surface area contributed by atoms with Crippen LogP contribution < -0.4 is 16.0 Å². The summed E-state index contributed by atoms with van der Waals surface area (Å²) in [6, 6.07) is 7.22. The van der Waals surface area contributed by atoms with E-state index in [2.05, 4.69) is 16.0 Å². The lowest BCUT2D eigenvalue weighted by atomic mass is 10.0. The molecule has 0 aromatic heterocycles. The highest BCUT2D eigenvalue weighted by molar-refractivity contribution is 7.91. The average molecular weight is 426 g/mol. The van der Waals surface area contributed by atoms with Crippen molar-refractivity contribution in [2.45, 2.75) is 38.8 Å². The first-order valence-corrected chi connectivity index (χ1v) is 11.1. The summed E-state index contributed by atoms with van der Waals surface area (Å²) in [6.45, 7) is 4.56. The molecule has 2 rings (SSSR count). The molecule has 0 saturated carbocycles. The van der Waals surface area contributed by atoms with E-state index < -0.39 is 45.9 Å². The number of amides is 3. The maximum atomic E-state index is 12.4. The molecule has 1 heterocycles. The second kappa shape index (κ2) is 9.25. The van der Waals surface area contributed by atoms with Gasteiger partial charge in [-0.2, -0.15) is 0 Å². The van der Waals surface area contributed by atoms with Crippen molar-refractivity contribution in [3.05, 3.63) is 30.3 Å². The maximum Gasteiger partial charge on any atom is 0.329 e. The van der Waals surface area contributed by atoms with Crippen LogP contribution >= 0.6 is 0 Å². The SMILES string of the molecule is CC(C)[C@H](NC(=O)Nc1ccccc1)C(=O)OCC(=O)N[C@]1(C)CCS(=O)(=O)C1. The van der Waals surface area contributed by atoms with Gasteiger partial charge in [0.2, 0.25) is 0 Å². The third-order valence-electron chi connectivity index (χ3n) is 4.53. The van der Waals surface area contributed by atoms with Gasteiger partial charge in [0.1, 0.15) is 6.04 Å². The Labute approximate surface area is 170 Å². The number of hydrogen-bond acceptors (Lipinski definition) is 6. The van der Waals surface area contributed by atoms with Gasteiger partial charge in [0.25, 0.3) is 5.91 Å². The molecule has 0 aliphatic carbocycles. The minimum absolute atomic E-state index is 0.0133. The number of sulfone groups is 1. The van der Waals surface area contributed by atoms with Gasteiger partial charge in [-0.05, 0) is 31.4 Å². The number of carbonyl (C=O) groups excluding carboxylic acids is 3. The van der Waals surface area contributed by atoms with Gasteiger partial charge < -0.3 is 20.7 Å². The van der Waals surface area contributed by atoms with Crippen LogP contribution in [0.15, 0.2) is 30.3 Å². The summed E-state index contributed by atoms with van der Waals surface area (Å²) < 4.78 is 28.3. The molecule has 1 aliphatic rings. The van der Waals surface area contributed by atoms with Crippen LogP contribution in [0.4, 0.5) is 10.5 Å². The van der Waals surface area contributed by atoms with E-state index in [0.29, 0.717) is 12.1 Å². The van der Waals surface area contributed by atoms with Crippen LogP contribution in [0.25, 0.3) is 0 Å². The van der Waals surface area contributed by atoms with Crippen LogP contribution in [-0.2, 0) is 24.2 Å². The Bertz CT molecular complexity index is 856. The van der Waals surface area contributed by atoms with E-state index >= 15 is 0 Å². The number of esters is 1. The molecule has 160 valence electrons. The average Bonchev–Trinajstić information content (AvgIpc) is 2.91. The minimum Gasteiger partial charge on any atom is -0.454 e. The van der Waals surface area contributed by atoms with Crippen LogP contribution in [0.1, 0.15) is 27.2 Å². The summed E-state index contributed by atoms with van der Waals surface area (Å²) >= 11 is 0. The predicted molar refractivity (Wildman–Crippen MR) is 108 cm³/mol. The highest BCUT2D eigenvalue weighted by atomic mass is 32.2. The lowest BCUT2D eigenvalue weighted by Crippen LogP contribution is -2.50. The molecule has 1 saturated heterocycles. The standard InChI is InChI=1S/C19H27N3O6S/c1-13(2)16(21-18(25)20-14-7-5-4-6-8-14)17(24)28-11-15(23)22-19(3)9-10-29(26,27)12-19/h4-8,13,16H,9-12H2,1-3H3,(H,22,23)(H2,20,21,25)/t16-,19+/m0/s1. The van der Waals surface area contributed by atoms with E-state index in [-0.39, 0.29) is 17.4 Å². The molecular formula is C19H27N3O6S. The first-order valence-electron chi connectivity index (χ1n) is 9.30. The van der Waals surface area contributed by atoms with Gasteiger partial charge >= 0.3 is 12.0 Å². The van der Waals surface area contributed by atoms with E-state index in [4.69, 9.17) is 4.74 Å². The molecule has 9 nitrogen and oxygen atoms in total. The number of anilines is 1. The van der Waals surface area contributed by atoms with Crippen molar-refractivity contribution >= 4 is 33.4 Å². The molecule has 1 aliphatic heterocycles. The van der Waals surface area contributed by atoms with Gasteiger partial charge in [-0.15, -0.1) is 0 Å². The van der Waals surface area contributed by atoms with Crippen molar-refractivity contribution in [1.29, 1.82) is 0 Å². The summed E-state index contributed by atoms with van der Waals surface area (Å²) in [4.78, 5) is 36.6. The quantitative estimate of drug-likeness (QED) is 0.560. The fourth-order valence-electron chi connectivity index (χ4n) is 3.04. The zero-order chi connectivity index (χ0) is 21.7. The van der Waals surface area contributed by atoms with Crippen LogP contribution in [0, 0.1) is 5.92 Å². The molecular weight excluding hydrogens is 398 g/mol. The molecule has 0 radical (unpaired) electrons. The van der Waals surface area contributed by atoms with Crippen molar-refractivity contribution in [1.82, 2.24) is 10.6 Å². The summed E-state index contributed by atoms with van der Waals surface area (Å²) in [5, 5.41) is 7.77. The largest absolute Gasteiger partial charge is 0.454 e. The second-order valence-corrected chi connectivity index (χ2v) is 9.93. The van der Waals surface area contributed by atoms with Crippen LogP contribution in [0.3, 0.4) is 0 Å². The Morgan fingerprint density at radius 1 is 1.17 bits per heavy atom. The Morgan fingerprint density at radius 3 is 2.38 bits per heavy atom. The number of hydrogen-bond donors (Lipinski definition) is 3. The molecule has 29 heavy (non-hydrogen) atoms. The molecule has 3 amide bonds. The van der Waals surface area contributed by atoms with Gasteiger partial charge in [0.15, 0.2) is 16.4 Å². The van der Waals surface area contributed by atoms with Crippen LogP contribution in [-0.4, -0.2) is 56.0 Å². The van der Waals surface area contributed by atoms with E-state index in [0.717, 1.165) is 0 Å². The maximum absolute atomic E-state index is 12.4. The molecule has 0 unspecified atom stereocenters. The zero-order valence-electron chi connectivity index (χ0n) is 16.7. The topological polar surface area (TPSA) is 131 Å². The van der Waals surface area contributed by atoms with Crippen molar-refractivity contribution in [3.63, 3.8) is 0 Å². The number of ether oxygens (including phenoxy) is 1. The highest BCUT2D eigenvalue weighted by Gasteiger charge is 2.39. The van der Waals surface area contributed by atoms with Gasteiger partial charge in [-0.3, -0.25) is 4.79 Å². The number of para-hydroxylation sites is 1. The second-order valence-electron chi connectivity index (χ2n) is 7.74. The number of carbonyl (C=O) groups is 3. The first-order chi connectivity index (χ1) is 13.5. The van der Waals surface area contributed by atoms with Gasteiger partial charge in [-0.1, -0.05) is 32.0 Å². The Morgan fingerprint density at radius 2 is 1.83 bits per heavy atom. The lowest BCUT2D eigenvalue weighted by molar-refractivity contribution is -0.151. The number of nitrogens with one attached hydrogen (secondary N) is 3. The van der Waals surface area contributed by atoms with Crippen molar-refractivity contribution in [2.24, 2.45) is 5.92 Å². The number of rotatable bonds is 7. The Kier molecular flexibility index (Phi) is 7.23. The molecule has 10 heteroatoms. The third-order valence-corrected chi connectivity index (χ3v) is 6.43. The van der Waals surface area contributed by atoms with Crippen molar-refractivity contribution in [2.75, 3.05) is 23.4 Å². The summed E-state index contributed by atoms with van der Waals surface area (Å²) in [7, 11) is -3.17. The van der Waals surface area contributed by atoms with Gasteiger partial charge in [-0.25, -0.2) is 18.0 Å². The van der Waals surface area contributed by atoms with Crippen LogP contribution in [0.2, 0.25) is 0 Å². The molecule has 2 atom stereocenters. The third kappa shape index (κ3) is 7.04. The van der Waals surface area contributed by atoms with Crippen LogP contribution in [0.5, 0.6) is 0 Å². The van der Waals surface area contributed by atoms with Crippen molar-refractivity contribution in [3.8, 4) is 0 Å². The number of benzene rings is 1. The van der Waals surface area contributed by atoms with Gasteiger partial charge in [0.05, 0.1) is 17.0 Å². The molecule has 3 N–H and O–H groups in total. The smallest absolute Gasteiger partial charge is 0.329 e. The van der Waals surface area contributed by atoms with Gasteiger partial charge in [0, 0.05) is 5.69 Å². The Hall–Kier alpha value is -2.62. The molecule has 1 aromatic carbocycles. The molecule has 1 fully saturated rings. The molecule has 0 bridgehead atoms. The minimum atomic E-state index is -3.17. The fourth-order valence-corrected chi connectivity index (χ4v) is 5.13. The number of urea groups is 1. The van der Waals surface area contributed by atoms with E-state index in [1.165, 1.54) is 0 Å². The first kappa shape index (κ1) is 22.7. The highest BCUT2D eigenvalue weighted by Crippen LogP contribution is 2.22. The monoisotopic (exact) mass is 425 g/mol. The van der Waals surface area contributed by atoms with Crippen molar-refractivity contribution < 1.29 is 27.5 Å². The normalized spacial score (nSPS) is 21.2. The van der Waals surface area contributed by atoms with E-state index in [1.54, 1.807) is 45.0 Å². The fraction of sp³-hybridized carbons (Fsp3) is 0.526. The van der Waals surface area contributed by atoms with E-state index in [9.17, 15) is 22.8 Å². The predicted octanol–water partition coefficient (Wildman–Crippen LogP) is 1.07. The summed E-state index contributed by atoms with van der Waals surface area (Å²) in [5.74, 6) is -1.74. The molecule has 0 spiro atoms. The zero-order valence-corrected chi connectivity index (χ0v) is 17.5. The lowest BCUT2D eigenvalue weighted by Gasteiger charge is -2.24. The Balaban J connectivity index is 1.85. The summed E-state index contributed by atoms with van der Waals surface area (Å²) in [6.07, 6.45) is 0.310. The van der Waals surface area contributed by atoms with E-state index in [1.807, 2.05) is 6.07 Å². The summed E-state index contributed by atoms with van der Waals surface area (Å²) in [5.41, 5.74) is -0.298.